The summed E-state index contributed by atoms with van der Waals surface area (Å²) >= 11 is 0. The van der Waals surface area contributed by atoms with E-state index < -0.39 is 0 Å². The molecule has 2 N–H and O–H groups in total. The molecule has 2 fully saturated rings. The number of halogens is 1. The molecule has 0 bridgehead atoms. The lowest BCUT2D eigenvalue weighted by atomic mass is 10.0. The van der Waals surface area contributed by atoms with E-state index in [1.54, 1.807) is 6.07 Å². The highest BCUT2D eigenvalue weighted by Gasteiger charge is 2.30. The minimum Gasteiger partial charge on any atom is -0.355 e. The van der Waals surface area contributed by atoms with Crippen LogP contribution >= 0.6 is 0 Å². The molecule has 104 valence electrons. The third-order valence-electron chi connectivity index (χ3n) is 4.29. The van der Waals surface area contributed by atoms with Crippen molar-refractivity contribution in [3.63, 3.8) is 0 Å². The molecule has 0 amide bonds. The number of nitrogens with two attached hydrogens (primary N) is 1. The molecule has 1 atom stereocenters. The third-order valence-corrected chi connectivity index (χ3v) is 4.29. The molecule has 1 aromatic heterocycles. The lowest BCUT2D eigenvalue weighted by Gasteiger charge is -2.34. The Hall–Kier alpha value is -1.20. The minimum absolute atomic E-state index is 0.274. The average Bonchev–Trinajstić information content (AvgIpc) is 2.90. The van der Waals surface area contributed by atoms with Crippen molar-refractivity contribution in [1.82, 2.24) is 9.88 Å². The molecule has 1 unspecified atom stereocenters. The third kappa shape index (κ3) is 2.87. The van der Waals surface area contributed by atoms with Gasteiger partial charge < -0.3 is 10.6 Å². The molecule has 5 heteroatoms. The second-order valence-electron chi connectivity index (χ2n) is 5.60. The Morgan fingerprint density at radius 3 is 2.63 bits per heavy atom. The van der Waals surface area contributed by atoms with Crippen molar-refractivity contribution in [3.05, 3.63) is 24.1 Å². The standard InChI is InChI=1S/C14H21FN4/c15-11-1-2-14(17-9-11)19-8-5-13(10-19)18-6-3-12(16)4-7-18/h1-2,9,12-13H,3-8,10,16H2. The van der Waals surface area contributed by atoms with Crippen molar-refractivity contribution in [1.29, 1.82) is 0 Å². The predicted octanol–water partition coefficient (Wildman–Crippen LogP) is 1.22. The van der Waals surface area contributed by atoms with Gasteiger partial charge >= 0.3 is 0 Å². The summed E-state index contributed by atoms with van der Waals surface area (Å²) in [5, 5.41) is 0. The lowest BCUT2D eigenvalue weighted by Crippen LogP contribution is -2.46. The van der Waals surface area contributed by atoms with Crippen LogP contribution in [0.2, 0.25) is 0 Å². The highest BCUT2D eigenvalue weighted by Crippen LogP contribution is 2.23. The second-order valence-corrected chi connectivity index (χ2v) is 5.60. The Balaban J connectivity index is 1.59. The fourth-order valence-corrected chi connectivity index (χ4v) is 3.09. The smallest absolute Gasteiger partial charge is 0.141 e. The van der Waals surface area contributed by atoms with E-state index in [4.69, 9.17) is 5.73 Å². The van der Waals surface area contributed by atoms with Crippen molar-refractivity contribution in [2.75, 3.05) is 31.1 Å². The Labute approximate surface area is 113 Å². The van der Waals surface area contributed by atoms with Gasteiger partial charge in [0, 0.05) is 25.2 Å². The molecule has 0 spiro atoms. The normalized spacial score (nSPS) is 26.0. The van der Waals surface area contributed by atoms with Crippen molar-refractivity contribution in [2.45, 2.75) is 31.3 Å². The van der Waals surface area contributed by atoms with Crippen LogP contribution in [0.1, 0.15) is 19.3 Å². The van der Waals surface area contributed by atoms with Gasteiger partial charge in [0.2, 0.25) is 0 Å². The van der Waals surface area contributed by atoms with Crippen molar-refractivity contribution in [3.8, 4) is 0 Å². The summed E-state index contributed by atoms with van der Waals surface area (Å²) in [7, 11) is 0. The van der Waals surface area contributed by atoms with Gasteiger partial charge in [-0.2, -0.15) is 0 Å². The highest BCUT2D eigenvalue weighted by molar-refractivity contribution is 5.39. The second kappa shape index (κ2) is 5.43. The summed E-state index contributed by atoms with van der Waals surface area (Å²) in [6.07, 6.45) is 4.66. The summed E-state index contributed by atoms with van der Waals surface area (Å²) in [6, 6.07) is 4.23. The SMILES string of the molecule is NC1CCN(C2CCN(c3ccc(F)cn3)C2)CC1. The summed E-state index contributed by atoms with van der Waals surface area (Å²) in [4.78, 5) is 8.96. The van der Waals surface area contributed by atoms with Crippen LogP contribution in [0.4, 0.5) is 10.2 Å². The molecule has 3 heterocycles. The Morgan fingerprint density at radius 2 is 1.95 bits per heavy atom. The highest BCUT2D eigenvalue weighted by atomic mass is 19.1. The van der Waals surface area contributed by atoms with Gasteiger partial charge in [0.1, 0.15) is 11.6 Å². The van der Waals surface area contributed by atoms with Crippen LogP contribution in [0.5, 0.6) is 0 Å². The molecular weight excluding hydrogens is 243 g/mol. The first-order valence-electron chi connectivity index (χ1n) is 7.08. The predicted molar refractivity (Wildman–Crippen MR) is 73.6 cm³/mol. The van der Waals surface area contributed by atoms with Crippen LogP contribution in [0, 0.1) is 5.82 Å². The number of anilines is 1. The molecule has 0 radical (unpaired) electrons. The van der Waals surface area contributed by atoms with Crippen LogP contribution in [0.15, 0.2) is 18.3 Å². The fourth-order valence-electron chi connectivity index (χ4n) is 3.09. The molecule has 2 saturated heterocycles. The lowest BCUT2D eigenvalue weighted by molar-refractivity contribution is 0.163. The first kappa shape index (κ1) is 12.8. The van der Waals surface area contributed by atoms with Gasteiger partial charge in [-0.25, -0.2) is 9.37 Å². The molecule has 2 aliphatic heterocycles. The Kier molecular flexibility index (Phi) is 3.66. The molecule has 1 aromatic rings. The van der Waals surface area contributed by atoms with Crippen LogP contribution in [-0.4, -0.2) is 48.1 Å². The van der Waals surface area contributed by atoms with Gasteiger partial charge in [-0.05, 0) is 44.5 Å². The van der Waals surface area contributed by atoms with Crippen LogP contribution in [0.3, 0.4) is 0 Å². The van der Waals surface area contributed by atoms with Crippen LogP contribution < -0.4 is 10.6 Å². The van der Waals surface area contributed by atoms with Crippen LogP contribution in [-0.2, 0) is 0 Å². The molecule has 19 heavy (non-hydrogen) atoms. The number of hydrogen-bond donors (Lipinski definition) is 1. The number of piperidine rings is 1. The molecule has 0 aromatic carbocycles. The van der Waals surface area contributed by atoms with Gasteiger partial charge in [-0.3, -0.25) is 4.90 Å². The van der Waals surface area contributed by atoms with Gasteiger partial charge in [0.25, 0.3) is 0 Å². The average molecular weight is 264 g/mol. The van der Waals surface area contributed by atoms with Crippen LogP contribution in [0.25, 0.3) is 0 Å². The number of likely N-dealkylation sites (tertiary alicyclic amines) is 1. The minimum atomic E-state index is -0.274. The van der Waals surface area contributed by atoms with E-state index in [0.717, 1.165) is 51.3 Å². The molecule has 2 aliphatic rings. The number of hydrogen-bond acceptors (Lipinski definition) is 4. The number of nitrogens with zero attached hydrogens (tertiary/aromatic N) is 3. The van der Waals surface area contributed by atoms with E-state index in [2.05, 4.69) is 14.8 Å². The molecule has 0 saturated carbocycles. The maximum Gasteiger partial charge on any atom is 0.141 e. The van der Waals surface area contributed by atoms with E-state index >= 15 is 0 Å². The first-order chi connectivity index (χ1) is 9.22. The summed E-state index contributed by atoms with van der Waals surface area (Å²) in [5.41, 5.74) is 5.95. The van der Waals surface area contributed by atoms with Gasteiger partial charge in [0.05, 0.1) is 6.20 Å². The van der Waals surface area contributed by atoms with E-state index in [9.17, 15) is 4.39 Å². The van der Waals surface area contributed by atoms with E-state index in [1.165, 1.54) is 12.3 Å². The number of rotatable bonds is 2. The van der Waals surface area contributed by atoms with Gasteiger partial charge in [0.15, 0.2) is 0 Å². The largest absolute Gasteiger partial charge is 0.355 e. The summed E-state index contributed by atoms with van der Waals surface area (Å²) in [6.45, 7) is 4.22. The topological polar surface area (TPSA) is 45.4 Å². The zero-order valence-electron chi connectivity index (χ0n) is 11.1. The quantitative estimate of drug-likeness (QED) is 0.872. The monoisotopic (exact) mass is 264 g/mol. The van der Waals surface area contributed by atoms with Gasteiger partial charge in [-0.1, -0.05) is 0 Å². The Morgan fingerprint density at radius 1 is 1.16 bits per heavy atom. The maximum absolute atomic E-state index is 12.9. The Bertz CT molecular complexity index is 414. The summed E-state index contributed by atoms with van der Waals surface area (Å²) in [5.74, 6) is 0.613. The molecule has 4 nitrogen and oxygen atoms in total. The zero-order valence-corrected chi connectivity index (χ0v) is 11.1. The van der Waals surface area contributed by atoms with Gasteiger partial charge in [-0.15, -0.1) is 0 Å². The zero-order chi connectivity index (χ0) is 13.2. The van der Waals surface area contributed by atoms with Crippen molar-refractivity contribution in [2.24, 2.45) is 5.73 Å². The van der Waals surface area contributed by atoms with Crippen molar-refractivity contribution >= 4 is 5.82 Å². The number of pyridine rings is 1. The molecular formula is C14H21FN4. The summed E-state index contributed by atoms with van der Waals surface area (Å²) < 4.78 is 12.9. The maximum atomic E-state index is 12.9. The number of aromatic nitrogens is 1. The van der Waals surface area contributed by atoms with E-state index in [-0.39, 0.29) is 5.82 Å². The fraction of sp³-hybridized carbons (Fsp3) is 0.643. The van der Waals surface area contributed by atoms with Crippen molar-refractivity contribution < 1.29 is 4.39 Å². The molecule has 3 rings (SSSR count). The van der Waals surface area contributed by atoms with E-state index in [1.807, 2.05) is 0 Å². The first-order valence-corrected chi connectivity index (χ1v) is 7.08. The molecule has 0 aliphatic carbocycles. The van der Waals surface area contributed by atoms with E-state index in [0.29, 0.717) is 12.1 Å².